The fourth-order valence-electron chi connectivity index (χ4n) is 2.61. The van der Waals surface area contributed by atoms with Gasteiger partial charge in [-0.05, 0) is 41.5 Å². The number of amides is 1. The molecule has 0 fully saturated rings. The Bertz CT molecular complexity index is 893. The van der Waals surface area contributed by atoms with Gasteiger partial charge < -0.3 is 10.4 Å². The molecule has 0 spiro atoms. The highest BCUT2D eigenvalue weighted by molar-refractivity contribution is 9.10. The van der Waals surface area contributed by atoms with Gasteiger partial charge >= 0.3 is 18.3 Å². The van der Waals surface area contributed by atoms with Gasteiger partial charge in [-0.2, -0.15) is 26.3 Å². The van der Waals surface area contributed by atoms with Gasteiger partial charge in [-0.3, -0.25) is 4.79 Å². The van der Waals surface area contributed by atoms with Gasteiger partial charge in [-0.15, -0.1) is 0 Å². The third-order valence-electron chi connectivity index (χ3n) is 4.00. The van der Waals surface area contributed by atoms with E-state index in [1.54, 1.807) is 24.3 Å². The molecule has 0 saturated carbocycles. The number of carbonyl (C=O) groups excluding carboxylic acids is 1. The van der Waals surface area contributed by atoms with Gasteiger partial charge in [-0.1, -0.05) is 28.1 Å². The van der Waals surface area contributed by atoms with Crippen LogP contribution in [-0.2, 0) is 34.8 Å². The molecule has 1 amide bonds. The van der Waals surface area contributed by atoms with E-state index in [-0.39, 0.29) is 12.5 Å². The molecule has 4 nitrogen and oxygen atoms in total. The summed E-state index contributed by atoms with van der Waals surface area (Å²) in [5, 5.41) is 11.4. The van der Waals surface area contributed by atoms with Gasteiger partial charge in [0.15, 0.2) is 0 Å². The predicted octanol–water partition coefficient (Wildman–Crippen LogP) is 4.84. The molecule has 2 rings (SSSR count). The van der Waals surface area contributed by atoms with Crippen LogP contribution < -0.4 is 5.32 Å². The molecule has 0 saturated heterocycles. The minimum Gasteiger partial charge on any atom is -0.480 e. The number of carboxylic acid groups (broad SMARTS) is 1. The Morgan fingerprint density at radius 1 is 0.900 bits per heavy atom. The van der Waals surface area contributed by atoms with Crippen molar-refractivity contribution < 1.29 is 41.0 Å². The zero-order valence-corrected chi connectivity index (χ0v) is 16.5. The highest BCUT2D eigenvalue weighted by Crippen LogP contribution is 2.36. The normalized spacial score (nSPS) is 13.0. The second-order valence-corrected chi connectivity index (χ2v) is 7.30. The SMILES string of the molecule is O=C(Cc1cc(C(F)(F)F)cc(C(F)(F)F)c1)N[C@@H](Cc1ccc(Br)cc1)C(=O)O. The van der Waals surface area contributed by atoms with Gasteiger partial charge in [0.25, 0.3) is 0 Å². The molecule has 2 N–H and O–H groups in total. The number of carbonyl (C=O) groups is 2. The Balaban J connectivity index is 2.20. The topological polar surface area (TPSA) is 66.4 Å². The van der Waals surface area contributed by atoms with E-state index in [9.17, 15) is 41.0 Å². The number of rotatable bonds is 6. The minimum absolute atomic E-state index is 0.0466. The Kier molecular flexibility index (Phi) is 7.17. The maximum Gasteiger partial charge on any atom is 0.416 e. The van der Waals surface area contributed by atoms with Gasteiger partial charge in [0.1, 0.15) is 6.04 Å². The van der Waals surface area contributed by atoms with Crippen LogP contribution in [0.5, 0.6) is 0 Å². The molecule has 0 aliphatic carbocycles. The van der Waals surface area contributed by atoms with Crippen LogP contribution in [0.2, 0.25) is 0 Å². The van der Waals surface area contributed by atoms with Crippen molar-refractivity contribution in [3.8, 4) is 0 Å². The summed E-state index contributed by atoms with van der Waals surface area (Å²) in [6.45, 7) is 0. The molecule has 0 unspecified atom stereocenters. The number of hydrogen-bond donors (Lipinski definition) is 2. The summed E-state index contributed by atoms with van der Waals surface area (Å²) in [5.41, 5.74) is -3.08. The van der Waals surface area contributed by atoms with E-state index < -0.39 is 53.4 Å². The van der Waals surface area contributed by atoms with Gasteiger partial charge in [0.2, 0.25) is 5.91 Å². The van der Waals surface area contributed by atoms with Crippen molar-refractivity contribution in [1.82, 2.24) is 5.32 Å². The highest BCUT2D eigenvalue weighted by Gasteiger charge is 2.37. The second-order valence-electron chi connectivity index (χ2n) is 6.38. The van der Waals surface area contributed by atoms with E-state index in [4.69, 9.17) is 0 Å². The summed E-state index contributed by atoms with van der Waals surface area (Å²) in [4.78, 5) is 23.6. The zero-order chi connectivity index (χ0) is 22.7. The second kappa shape index (κ2) is 9.07. The maximum atomic E-state index is 12.9. The van der Waals surface area contributed by atoms with Crippen LogP contribution in [0.1, 0.15) is 22.3 Å². The average molecular weight is 498 g/mol. The molecule has 0 aliphatic heterocycles. The summed E-state index contributed by atoms with van der Waals surface area (Å²) in [7, 11) is 0. The third kappa shape index (κ3) is 6.75. The molecule has 0 heterocycles. The standard InChI is InChI=1S/C19H14BrF6NO3/c20-14-3-1-10(2-4-14)7-15(17(29)30)27-16(28)8-11-5-12(18(21,22)23)9-13(6-11)19(24,25)26/h1-6,9,15H,7-8H2,(H,27,28)(H,29,30)/t15-/m0/s1. The number of carboxylic acids is 1. The number of aliphatic carboxylic acids is 1. The van der Waals surface area contributed by atoms with Crippen molar-refractivity contribution in [3.63, 3.8) is 0 Å². The van der Waals surface area contributed by atoms with Crippen LogP contribution in [0.15, 0.2) is 46.9 Å². The van der Waals surface area contributed by atoms with E-state index in [1.807, 2.05) is 0 Å². The lowest BCUT2D eigenvalue weighted by Gasteiger charge is -2.16. The Morgan fingerprint density at radius 2 is 1.40 bits per heavy atom. The minimum atomic E-state index is -5.04. The average Bonchev–Trinajstić information content (AvgIpc) is 2.61. The number of benzene rings is 2. The van der Waals surface area contributed by atoms with Crippen molar-refractivity contribution in [1.29, 1.82) is 0 Å². The molecule has 0 radical (unpaired) electrons. The zero-order valence-electron chi connectivity index (χ0n) is 14.9. The summed E-state index contributed by atoms with van der Waals surface area (Å²) in [6.07, 6.45) is -11.1. The quantitative estimate of drug-likeness (QED) is 0.561. The largest absolute Gasteiger partial charge is 0.480 e. The lowest BCUT2D eigenvalue weighted by molar-refractivity contribution is -0.143. The fraction of sp³-hybridized carbons (Fsp3) is 0.263. The van der Waals surface area contributed by atoms with Crippen LogP contribution in [0.25, 0.3) is 0 Å². The maximum absolute atomic E-state index is 12.9. The molecule has 1 atom stereocenters. The van der Waals surface area contributed by atoms with E-state index in [0.29, 0.717) is 17.7 Å². The Morgan fingerprint density at radius 3 is 1.83 bits per heavy atom. The first kappa shape index (κ1) is 23.7. The van der Waals surface area contributed by atoms with Crippen LogP contribution >= 0.6 is 15.9 Å². The Hall–Kier alpha value is -2.56. The Labute approximate surface area is 175 Å². The van der Waals surface area contributed by atoms with Gasteiger partial charge in [0.05, 0.1) is 17.5 Å². The molecular formula is C19H14BrF6NO3. The summed E-state index contributed by atoms with van der Waals surface area (Å²) >= 11 is 3.21. The first-order chi connectivity index (χ1) is 13.8. The summed E-state index contributed by atoms with van der Waals surface area (Å²) in [6, 6.07) is 5.91. The number of halogens is 7. The molecular weight excluding hydrogens is 484 g/mol. The van der Waals surface area contributed by atoms with Gasteiger partial charge in [0, 0.05) is 10.9 Å². The molecule has 2 aromatic rings. The molecule has 0 aliphatic rings. The monoisotopic (exact) mass is 497 g/mol. The lowest BCUT2D eigenvalue weighted by Crippen LogP contribution is -2.43. The molecule has 0 aromatic heterocycles. The first-order valence-electron chi connectivity index (χ1n) is 8.30. The van der Waals surface area contributed by atoms with E-state index in [0.717, 1.165) is 4.47 Å². The van der Waals surface area contributed by atoms with Crippen molar-refractivity contribution in [2.24, 2.45) is 0 Å². The summed E-state index contributed by atoms with van der Waals surface area (Å²) < 4.78 is 78.2. The summed E-state index contributed by atoms with van der Waals surface area (Å²) in [5.74, 6) is -2.42. The molecule has 162 valence electrons. The lowest BCUT2D eigenvalue weighted by atomic mass is 10.0. The predicted molar refractivity (Wildman–Crippen MR) is 97.6 cm³/mol. The fourth-order valence-corrected chi connectivity index (χ4v) is 2.87. The van der Waals surface area contributed by atoms with Gasteiger partial charge in [-0.25, -0.2) is 4.79 Å². The van der Waals surface area contributed by atoms with E-state index in [2.05, 4.69) is 21.2 Å². The number of hydrogen-bond acceptors (Lipinski definition) is 2. The molecule has 2 aromatic carbocycles. The smallest absolute Gasteiger partial charge is 0.416 e. The van der Waals surface area contributed by atoms with Crippen LogP contribution in [0, 0.1) is 0 Å². The van der Waals surface area contributed by atoms with Crippen molar-refractivity contribution in [2.45, 2.75) is 31.2 Å². The van der Waals surface area contributed by atoms with Crippen LogP contribution in [-0.4, -0.2) is 23.0 Å². The molecule has 0 bridgehead atoms. The van der Waals surface area contributed by atoms with Crippen LogP contribution in [0.3, 0.4) is 0 Å². The number of nitrogens with one attached hydrogen (secondary N) is 1. The van der Waals surface area contributed by atoms with E-state index >= 15 is 0 Å². The van der Waals surface area contributed by atoms with Crippen molar-refractivity contribution in [3.05, 3.63) is 69.2 Å². The van der Waals surface area contributed by atoms with Crippen molar-refractivity contribution in [2.75, 3.05) is 0 Å². The van der Waals surface area contributed by atoms with Crippen LogP contribution in [0.4, 0.5) is 26.3 Å². The molecule has 11 heteroatoms. The number of alkyl halides is 6. The highest BCUT2D eigenvalue weighted by atomic mass is 79.9. The first-order valence-corrected chi connectivity index (χ1v) is 9.10. The van der Waals surface area contributed by atoms with Crippen molar-refractivity contribution >= 4 is 27.8 Å². The third-order valence-corrected chi connectivity index (χ3v) is 4.53. The van der Waals surface area contributed by atoms with E-state index in [1.165, 1.54) is 0 Å². The molecule has 30 heavy (non-hydrogen) atoms.